The Bertz CT molecular complexity index is 1150. The number of fused-ring (bicyclic) bond motifs is 1. The van der Waals surface area contributed by atoms with E-state index >= 15 is 0 Å². The van der Waals surface area contributed by atoms with Crippen LogP contribution in [-0.2, 0) is 0 Å². The summed E-state index contributed by atoms with van der Waals surface area (Å²) >= 11 is 0. The van der Waals surface area contributed by atoms with E-state index in [9.17, 15) is 0 Å². The summed E-state index contributed by atoms with van der Waals surface area (Å²) in [5.74, 6) is 1.47. The van der Waals surface area contributed by atoms with Crippen molar-refractivity contribution >= 4 is 28.1 Å². The first-order chi connectivity index (χ1) is 15.3. The minimum Gasteiger partial charge on any atom is -0.369 e. The topological polar surface area (TPSA) is 57.2 Å². The Hall–Kier alpha value is -3.51. The van der Waals surface area contributed by atoms with Gasteiger partial charge < -0.3 is 15.1 Å². The lowest BCUT2D eigenvalue weighted by atomic mass is 10.2. The van der Waals surface area contributed by atoms with Gasteiger partial charge in [-0.05, 0) is 55.1 Å². The van der Waals surface area contributed by atoms with Gasteiger partial charge in [0.25, 0.3) is 0 Å². The highest BCUT2D eigenvalue weighted by atomic mass is 15.3. The van der Waals surface area contributed by atoms with E-state index in [1.54, 1.807) is 12.4 Å². The summed E-state index contributed by atoms with van der Waals surface area (Å²) in [5, 5.41) is 4.50. The van der Waals surface area contributed by atoms with Crippen LogP contribution in [0.15, 0.2) is 73.1 Å². The van der Waals surface area contributed by atoms with Crippen molar-refractivity contribution in [3.05, 3.63) is 73.1 Å². The van der Waals surface area contributed by atoms with E-state index in [-0.39, 0.29) is 0 Å². The zero-order valence-corrected chi connectivity index (χ0v) is 17.7. The Morgan fingerprint density at radius 1 is 0.871 bits per heavy atom. The lowest BCUT2D eigenvalue weighted by Gasteiger charge is -2.35. The molecule has 4 aromatic rings. The summed E-state index contributed by atoms with van der Waals surface area (Å²) in [6.45, 7) is 7.76. The van der Waals surface area contributed by atoms with Crippen LogP contribution in [0, 0.1) is 0 Å². The Balaban J connectivity index is 1.41. The highest BCUT2D eigenvalue weighted by molar-refractivity contribution is 5.92. The number of benzene rings is 2. The Kier molecular flexibility index (Phi) is 5.46. The fraction of sp³-hybridized carbons (Fsp3) is 0.240. The molecule has 0 amide bonds. The number of likely N-dealkylation sites (N-methyl/N-ethyl adjacent to an activating group) is 1. The molecular formula is C25H26N6. The molecule has 5 rings (SSSR count). The third kappa shape index (κ3) is 4.20. The quantitative estimate of drug-likeness (QED) is 0.520. The first-order valence-corrected chi connectivity index (χ1v) is 10.8. The molecule has 0 aliphatic carbocycles. The average Bonchev–Trinajstić information content (AvgIpc) is 2.85. The van der Waals surface area contributed by atoms with E-state index in [1.165, 1.54) is 5.69 Å². The van der Waals surface area contributed by atoms with E-state index in [1.807, 2.05) is 36.4 Å². The number of pyridine rings is 1. The molecule has 0 bridgehead atoms. The largest absolute Gasteiger partial charge is 0.369 e. The number of para-hydroxylation sites is 1. The van der Waals surface area contributed by atoms with Crippen LogP contribution in [0.25, 0.3) is 22.3 Å². The van der Waals surface area contributed by atoms with Crippen LogP contribution < -0.4 is 10.2 Å². The fourth-order valence-corrected chi connectivity index (χ4v) is 4.01. The van der Waals surface area contributed by atoms with Gasteiger partial charge in [-0.25, -0.2) is 9.97 Å². The summed E-state index contributed by atoms with van der Waals surface area (Å²) in [7, 11) is 0. The SMILES string of the molecule is CCN1CCN(c2ccc(Nc3nc(-c4cccnc4)nc4ccccc34)cc2)CC1. The lowest BCUT2D eigenvalue weighted by molar-refractivity contribution is 0.271. The molecule has 0 radical (unpaired) electrons. The number of nitrogens with one attached hydrogen (secondary N) is 1. The molecule has 6 nitrogen and oxygen atoms in total. The third-order valence-corrected chi connectivity index (χ3v) is 5.84. The van der Waals surface area contributed by atoms with Gasteiger partial charge in [0.15, 0.2) is 5.82 Å². The highest BCUT2D eigenvalue weighted by Gasteiger charge is 2.16. The van der Waals surface area contributed by atoms with Crippen molar-refractivity contribution in [1.29, 1.82) is 0 Å². The molecule has 156 valence electrons. The number of hydrogen-bond acceptors (Lipinski definition) is 6. The molecule has 1 saturated heterocycles. The van der Waals surface area contributed by atoms with Gasteiger partial charge in [-0.1, -0.05) is 19.1 Å². The van der Waals surface area contributed by atoms with Gasteiger partial charge in [-0.3, -0.25) is 4.98 Å². The van der Waals surface area contributed by atoms with E-state index in [4.69, 9.17) is 9.97 Å². The van der Waals surface area contributed by atoms with Crippen LogP contribution in [0.3, 0.4) is 0 Å². The van der Waals surface area contributed by atoms with E-state index < -0.39 is 0 Å². The van der Waals surface area contributed by atoms with E-state index in [2.05, 4.69) is 51.3 Å². The molecule has 0 unspecified atom stereocenters. The number of anilines is 3. The highest BCUT2D eigenvalue weighted by Crippen LogP contribution is 2.28. The predicted octanol–water partition coefficient (Wildman–Crippen LogP) is 4.58. The van der Waals surface area contributed by atoms with Crippen molar-refractivity contribution in [2.24, 2.45) is 0 Å². The van der Waals surface area contributed by atoms with Gasteiger partial charge >= 0.3 is 0 Å². The van der Waals surface area contributed by atoms with Gasteiger partial charge in [0.2, 0.25) is 0 Å². The van der Waals surface area contributed by atoms with Crippen molar-refractivity contribution in [3.8, 4) is 11.4 Å². The van der Waals surface area contributed by atoms with Crippen molar-refractivity contribution < 1.29 is 0 Å². The van der Waals surface area contributed by atoms with E-state index in [0.717, 1.165) is 60.7 Å². The monoisotopic (exact) mass is 410 g/mol. The molecule has 0 saturated carbocycles. The molecule has 3 heterocycles. The van der Waals surface area contributed by atoms with Crippen molar-refractivity contribution in [2.45, 2.75) is 6.92 Å². The van der Waals surface area contributed by atoms with Crippen molar-refractivity contribution in [3.63, 3.8) is 0 Å². The van der Waals surface area contributed by atoms with Gasteiger partial charge in [0.1, 0.15) is 5.82 Å². The van der Waals surface area contributed by atoms with Crippen LogP contribution in [0.4, 0.5) is 17.2 Å². The Morgan fingerprint density at radius 2 is 1.68 bits per heavy atom. The van der Waals surface area contributed by atoms with Gasteiger partial charge in [0, 0.05) is 60.9 Å². The maximum absolute atomic E-state index is 4.82. The van der Waals surface area contributed by atoms with Gasteiger partial charge in [-0.15, -0.1) is 0 Å². The lowest BCUT2D eigenvalue weighted by Crippen LogP contribution is -2.46. The van der Waals surface area contributed by atoms with Crippen LogP contribution in [0.1, 0.15) is 6.92 Å². The van der Waals surface area contributed by atoms with Crippen molar-refractivity contribution in [1.82, 2.24) is 19.9 Å². The molecule has 1 aliphatic rings. The van der Waals surface area contributed by atoms with Crippen LogP contribution in [0.2, 0.25) is 0 Å². The molecule has 31 heavy (non-hydrogen) atoms. The van der Waals surface area contributed by atoms with Crippen LogP contribution in [0.5, 0.6) is 0 Å². The molecule has 2 aromatic carbocycles. The number of nitrogens with zero attached hydrogens (tertiary/aromatic N) is 5. The second kappa shape index (κ2) is 8.70. The summed E-state index contributed by atoms with van der Waals surface area (Å²) in [6, 6.07) is 20.6. The number of rotatable bonds is 5. The smallest absolute Gasteiger partial charge is 0.163 e. The molecular weight excluding hydrogens is 384 g/mol. The maximum atomic E-state index is 4.82. The van der Waals surface area contributed by atoms with Crippen molar-refractivity contribution in [2.75, 3.05) is 42.9 Å². The van der Waals surface area contributed by atoms with E-state index in [0.29, 0.717) is 5.82 Å². The molecule has 0 atom stereocenters. The minimum atomic E-state index is 0.666. The average molecular weight is 411 g/mol. The Morgan fingerprint density at radius 3 is 2.42 bits per heavy atom. The molecule has 6 heteroatoms. The molecule has 1 N–H and O–H groups in total. The minimum absolute atomic E-state index is 0.666. The number of aromatic nitrogens is 3. The predicted molar refractivity (Wildman–Crippen MR) is 127 cm³/mol. The molecule has 1 aliphatic heterocycles. The Labute approximate surface area is 182 Å². The second-order valence-corrected chi connectivity index (χ2v) is 7.75. The standard InChI is InChI=1S/C25H26N6/c1-2-30-14-16-31(17-15-30)21-11-9-20(10-12-21)27-25-22-7-3-4-8-23(22)28-24(29-25)19-6-5-13-26-18-19/h3-13,18H,2,14-17H2,1H3,(H,27,28,29). The van der Waals surface area contributed by atoms with Gasteiger partial charge in [0.05, 0.1) is 5.52 Å². The zero-order valence-electron chi connectivity index (χ0n) is 17.7. The summed E-state index contributed by atoms with van der Waals surface area (Å²) in [6.07, 6.45) is 3.55. The first kappa shape index (κ1) is 19.5. The van der Waals surface area contributed by atoms with Crippen LogP contribution >= 0.6 is 0 Å². The zero-order chi connectivity index (χ0) is 21.0. The molecule has 2 aromatic heterocycles. The molecule has 1 fully saturated rings. The van der Waals surface area contributed by atoms with Crippen LogP contribution in [-0.4, -0.2) is 52.6 Å². The number of hydrogen-bond donors (Lipinski definition) is 1. The first-order valence-electron chi connectivity index (χ1n) is 10.8. The number of piperazine rings is 1. The third-order valence-electron chi connectivity index (χ3n) is 5.84. The summed E-state index contributed by atoms with van der Waals surface area (Å²) < 4.78 is 0. The summed E-state index contributed by atoms with van der Waals surface area (Å²) in [4.78, 5) is 18.7. The summed E-state index contributed by atoms with van der Waals surface area (Å²) in [5.41, 5.74) is 4.09. The molecule has 0 spiro atoms. The maximum Gasteiger partial charge on any atom is 0.163 e. The normalized spacial score (nSPS) is 14.7. The second-order valence-electron chi connectivity index (χ2n) is 7.75. The fourth-order valence-electron chi connectivity index (χ4n) is 4.01. The van der Waals surface area contributed by atoms with Gasteiger partial charge in [-0.2, -0.15) is 0 Å².